The van der Waals surface area contributed by atoms with Crippen molar-refractivity contribution in [1.82, 2.24) is 4.98 Å². The van der Waals surface area contributed by atoms with Crippen LogP contribution < -0.4 is 11.5 Å². The second-order valence-corrected chi connectivity index (χ2v) is 11.3. The number of hydrogen-bond donors (Lipinski definition) is 4. The summed E-state index contributed by atoms with van der Waals surface area (Å²) in [6.07, 6.45) is 12.5. The van der Waals surface area contributed by atoms with Crippen LogP contribution in [0.2, 0.25) is 0 Å². The molecule has 1 aliphatic heterocycles. The van der Waals surface area contributed by atoms with E-state index in [0.717, 1.165) is 63.3 Å². The van der Waals surface area contributed by atoms with Gasteiger partial charge in [-0.05, 0) is 64.0 Å². The highest BCUT2D eigenvalue weighted by molar-refractivity contribution is 6.01. The number of esters is 2. The van der Waals surface area contributed by atoms with Gasteiger partial charge in [-0.1, -0.05) is 46.5 Å². The van der Waals surface area contributed by atoms with Crippen molar-refractivity contribution < 1.29 is 38.4 Å². The Bertz CT molecular complexity index is 1090. The standard InChI is InChI=1S/C20H30N4O3.C8H16O2.C3H7NO2.C2H3N.C2H6.CH4O/c1-22-20(23-13-21)17-9-8-16(24-17)18-10-7-15(27-18)12-26-19(25)11-14-5-3-2-4-6-14;1-4-5-6-10-8(2,3)7-9;1-6-3(5)2-4;1-2-3;2*1-2/h8-9,13-15,18,24H,2-7,10-12H2,1H3,(H2,21,22,23);7H,4-6H2,1-3H3;2,4H2,1H3;1H3;1-2H3;2H,1H3. The predicted octanol–water partition coefficient (Wildman–Crippen LogP) is 5.18. The molecule has 0 amide bonds. The minimum atomic E-state index is -0.588. The summed E-state index contributed by atoms with van der Waals surface area (Å²) in [5.74, 6) is 0.593. The summed E-state index contributed by atoms with van der Waals surface area (Å²) in [6, 6.07) is 5.65. The maximum absolute atomic E-state index is 12.1. The van der Waals surface area contributed by atoms with Crippen molar-refractivity contribution in [3.63, 3.8) is 0 Å². The molecule has 14 nitrogen and oxygen atoms in total. The third-order valence-corrected chi connectivity index (χ3v) is 7.07. The number of rotatable bonds is 12. The van der Waals surface area contributed by atoms with E-state index in [-0.39, 0.29) is 30.7 Å². The first-order valence-electron chi connectivity index (χ1n) is 17.4. The van der Waals surface area contributed by atoms with Gasteiger partial charge in [0.1, 0.15) is 12.2 Å². The zero-order valence-corrected chi connectivity index (χ0v) is 32.0. The number of H-pyrrole nitrogens is 1. The van der Waals surface area contributed by atoms with E-state index >= 15 is 0 Å². The van der Waals surface area contributed by atoms with Crippen LogP contribution in [-0.2, 0) is 33.3 Å². The number of unbranched alkanes of at least 4 members (excludes halogenated alkanes) is 1. The van der Waals surface area contributed by atoms with Crippen LogP contribution in [0.5, 0.6) is 0 Å². The summed E-state index contributed by atoms with van der Waals surface area (Å²) < 4.78 is 20.9. The summed E-state index contributed by atoms with van der Waals surface area (Å²) in [7, 11) is 3.97. The molecule has 1 aromatic rings. The molecule has 14 heteroatoms. The predicted molar refractivity (Wildman–Crippen MR) is 198 cm³/mol. The maximum atomic E-state index is 12.1. The smallest absolute Gasteiger partial charge is 0.319 e. The number of hydrogen-bond acceptors (Lipinski definition) is 11. The Morgan fingerprint density at radius 3 is 2.24 bits per heavy atom. The number of ether oxygens (including phenoxy) is 4. The molecule has 0 bridgehead atoms. The molecule has 2 atom stereocenters. The number of carbonyl (C=O) groups is 3. The molecule has 1 saturated carbocycles. The molecule has 6 N–H and O–H groups in total. The molecule has 3 rings (SSSR count). The van der Waals surface area contributed by atoms with E-state index in [1.54, 1.807) is 27.0 Å². The third kappa shape index (κ3) is 25.3. The number of aromatic amines is 1. The lowest BCUT2D eigenvalue weighted by Gasteiger charge is -2.21. The summed E-state index contributed by atoms with van der Waals surface area (Å²) in [5.41, 5.74) is 11.4. The highest BCUT2D eigenvalue weighted by Crippen LogP contribution is 2.33. The average molecular weight is 711 g/mol. The van der Waals surface area contributed by atoms with Gasteiger partial charge in [-0.2, -0.15) is 5.26 Å². The number of carbonyl (C=O) groups excluding carboxylic acids is 3. The molecule has 1 aliphatic carbocycles. The number of nitrogens with zero attached hydrogens (tertiary/aromatic N) is 3. The fourth-order valence-electron chi connectivity index (χ4n) is 4.57. The largest absolute Gasteiger partial charge is 0.468 e. The minimum Gasteiger partial charge on any atom is -0.468 e. The topological polar surface area (TPSA) is 225 Å². The van der Waals surface area contributed by atoms with E-state index < -0.39 is 5.60 Å². The molecule has 2 aliphatic rings. The second-order valence-electron chi connectivity index (χ2n) is 11.3. The zero-order chi connectivity index (χ0) is 38.8. The van der Waals surface area contributed by atoms with E-state index in [0.29, 0.717) is 31.4 Å². The van der Waals surface area contributed by atoms with Crippen molar-refractivity contribution in [3.05, 3.63) is 23.5 Å². The van der Waals surface area contributed by atoms with Crippen LogP contribution in [0.15, 0.2) is 22.1 Å². The number of aliphatic imine (C=N–C) groups is 2. The summed E-state index contributed by atoms with van der Waals surface area (Å²) in [4.78, 5) is 43.6. The van der Waals surface area contributed by atoms with Gasteiger partial charge in [0.15, 0.2) is 12.1 Å². The van der Waals surface area contributed by atoms with Gasteiger partial charge in [-0.3, -0.25) is 14.6 Å². The van der Waals surface area contributed by atoms with Crippen LogP contribution in [-0.4, -0.2) is 93.2 Å². The van der Waals surface area contributed by atoms with E-state index in [1.165, 1.54) is 39.6 Å². The molecular weight excluding hydrogens is 644 g/mol. The maximum Gasteiger partial charge on any atom is 0.319 e. The Morgan fingerprint density at radius 1 is 1.14 bits per heavy atom. The summed E-state index contributed by atoms with van der Waals surface area (Å²) in [6.45, 7) is 12.1. The molecule has 2 heterocycles. The molecule has 0 spiro atoms. The van der Waals surface area contributed by atoms with Gasteiger partial charge in [0, 0.05) is 39.8 Å². The number of aldehydes is 1. The number of aliphatic hydroxyl groups is 1. The van der Waals surface area contributed by atoms with Gasteiger partial charge in [-0.25, -0.2) is 4.99 Å². The average Bonchev–Trinajstić information content (AvgIpc) is 3.83. The van der Waals surface area contributed by atoms with E-state index in [2.05, 4.69) is 26.6 Å². The third-order valence-electron chi connectivity index (χ3n) is 7.07. The number of aliphatic hydroxyl groups excluding tert-OH is 1. The first-order valence-corrected chi connectivity index (χ1v) is 17.4. The Balaban J connectivity index is -0.000000791. The van der Waals surface area contributed by atoms with Crippen molar-refractivity contribution in [2.45, 2.75) is 124 Å². The van der Waals surface area contributed by atoms with Crippen LogP contribution in [0, 0.1) is 17.2 Å². The number of nitrogens with two attached hydrogens (primary N) is 2. The lowest BCUT2D eigenvalue weighted by molar-refractivity contribution is -0.149. The number of amidine groups is 1. The highest BCUT2D eigenvalue weighted by Gasteiger charge is 2.29. The number of nitrogens with one attached hydrogen (secondary N) is 1. The summed E-state index contributed by atoms with van der Waals surface area (Å²) >= 11 is 0. The second kappa shape index (κ2) is 33.8. The Kier molecular flexibility index (Phi) is 34.3. The van der Waals surface area contributed by atoms with Gasteiger partial charge in [0.25, 0.3) is 0 Å². The molecule has 50 heavy (non-hydrogen) atoms. The zero-order valence-electron chi connectivity index (χ0n) is 32.0. The van der Waals surface area contributed by atoms with Crippen molar-refractivity contribution in [1.29, 1.82) is 5.26 Å². The Labute approximate surface area is 300 Å². The van der Waals surface area contributed by atoms with Crippen LogP contribution in [0.25, 0.3) is 0 Å². The molecule has 1 saturated heterocycles. The van der Waals surface area contributed by atoms with Crippen LogP contribution in [0.1, 0.15) is 123 Å². The van der Waals surface area contributed by atoms with Gasteiger partial charge >= 0.3 is 11.9 Å². The first kappa shape index (κ1) is 50.7. The molecule has 288 valence electrons. The summed E-state index contributed by atoms with van der Waals surface area (Å²) in [5, 5.41) is 14.3. The molecule has 0 radical (unpaired) electrons. The SMILES string of the molecule is CC.CC#N.CCCCOC(C)(C)C=O.CN=C(N=CN)c1ccc(C2CCC(COC(=O)CC3CCCCC3)O2)[nH]1.CO.COC(=O)CN. The monoisotopic (exact) mass is 710 g/mol. The highest BCUT2D eigenvalue weighted by atomic mass is 16.6. The van der Waals surface area contributed by atoms with Crippen LogP contribution >= 0.6 is 0 Å². The molecular formula is C36H66N6O8. The Hall–Kier alpha value is -3.64. The van der Waals surface area contributed by atoms with Crippen molar-refractivity contribution >= 4 is 30.4 Å². The number of aromatic nitrogens is 1. The minimum absolute atomic E-state index is 0.0271. The number of nitriles is 1. The normalized spacial score (nSPS) is 16.9. The van der Waals surface area contributed by atoms with Gasteiger partial charge in [-0.15, -0.1) is 0 Å². The lowest BCUT2D eigenvalue weighted by Crippen LogP contribution is -2.26. The van der Waals surface area contributed by atoms with Gasteiger partial charge < -0.3 is 45.3 Å². The number of methoxy groups -OCH3 is 1. The van der Waals surface area contributed by atoms with Crippen molar-refractivity contribution in [2.75, 3.05) is 41.0 Å². The molecule has 2 fully saturated rings. The van der Waals surface area contributed by atoms with Crippen LogP contribution in [0.3, 0.4) is 0 Å². The first-order chi connectivity index (χ1) is 24.0. The fourth-order valence-corrected chi connectivity index (χ4v) is 4.57. The quantitative estimate of drug-likeness (QED) is 0.0727. The lowest BCUT2D eigenvalue weighted by atomic mass is 9.87. The van der Waals surface area contributed by atoms with E-state index in [9.17, 15) is 14.4 Å². The van der Waals surface area contributed by atoms with E-state index in [4.69, 9.17) is 36.0 Å². The van der Waals surface area contributed by atoms with Gasteiger partial charge in [0.05, 0.1) is 44.0 Å². The van der Waals surface area contributed by atoms with Crippen molar-refractivity contribution in [2.24, 2.45) is 27.4 Å². The fraction of sp³-hybridized carbons (Fsp3) is 0.722. The Morgan fingerprint density at radius 2 is 1.76 bits per heavy atom. The van der Waals surface area contributed by atoms with Crippen LogP contribution in [0.4, 0.5) is 0 Å². The van der Waals surface area contributed by atoms with Crippen molar-refractivity contribution in [3.8, 4) is 6.07 Å². The molecule has 2 unspecified atom stereocenters. The van der Waals surface area contributed by atoms with Gasteiger partial charge in [0.2, 0.25) is 0 Å². The van der Waals surface area contributed by atoms with E-state index in [1.807, 2.05) is 26.0 Å². The molecule has 0 aromatic carbocycles. The molecule has 1 aromatic heterocycles.